The Morgan fingerprint density at radius 2 is 2.15 bits per heavy atom. The molecule has 0 saturated heterocycles. The second-order valence-electron chi connectivity index (χ2n) is 6.52. The molecule has 2 atom stereocenters. The second kappa shape index (κ2) is 9.43. The van der Waals surface area contributed by atoms with E-state index in [1.807, 2.05) is 6.07 Å². The van der Waals surface area contributed by atoms with E-state index in [2.05, 4.69) is 17.2 Å². The molecule has 0 aromatic carbocycles. The molecule has 8 heteroatoms. The Bertz CT molecular complexity index is 769. The minimum Gasteiger partial charge on any atom is -0.455 e. The summed E-state index contributed by atoms with van der Waals surface area (Å²) in [5.74, 6) is -0.542. The van der Waals surface area contributed by atoms with Gasteiger partial charge in [-0.25, -0.2) is 0 Å². The van der Waals surface area contributed by atoms with E-state index in [0.717, 1.165) is 31.0 Å². The summed E-state index contributed by atoms with van der Waals surface area (Å²) in [5.41, 5.74) is 0.540. The summed E-state index contributed by atoms with van der Waals surface area (Å²) in [4.78, 5) is 37.8. The standard InChI is InChI=1S/C18H23N3O4S/c1-11-5-3-4-6-14(11)20-16(23)9-25-17(24)10-26-18-13(8-19)12(2)7-15(22)21-18/h7,11,14H,3-6,9-10H2,1-2H3,(H,20,23)(H,21,22)/t11-,14+/m1/s1. The van der Waals surface area contributed by atoms with Gasteiger partial charge in [-0.1, -0.05) is 31.5 Å². The Kier molecular flexibility index (Phi) is 7.27. The lowest BCUT2D eigenvalue weighted by Crippen LogP contribution is -2.43. The summed E-state index contributed by atoms with van der Waals surface area (Å²) in [6.07, 6.45) is 4.33. The number of nitrogens with one attached hydrogen (secondary N) is 2. The highest BCUT2D eigenvalue weighted by Crippen LogP contribution is 2.23. The van der Waals surface area contributed by atoms with Crippen molar-refractivity contribution in [3.05, 3.63) is 27.5 Å². The van der Waals surface area contributed by atoms with Crippen LogP contribution in [0, 0.1) is 24.2 Å². The van der Waals surface area contributed by atoms with Gasteiger partial charge in [0.2, 0.25) is 5.56 Å². The number of pyridine rings is 1. The van der Waals surface area contributed by atoms with Gasteiger partial charge < -0.3 is 15.0 Å². The van der Waals surface area contributed by atoms with Crippen LogP contribution < -0.4 is 10.9 Å². The van der Waals surface area contributed by atoms with Crippen molar-refractivity contribution in [2.24, 2.45) is 5.92 Å². The molecule has 1 amide bonds. The number of carbonyl (C=O) groups is 2. The minimum absolute atomic E-state index is 0.0960. The molecule has 140 valence electrons. The molecule has 0 aliphatic heterocycles. The number of thioether (sulfide) groups is 1. The molecule has 1 saturated carbocycles. The molecule has 0 unspecified atom stereocenters. The Morgan fingerprint density at radius 1 is 1.42 bits per heavy atom. The fourth-order valence-corrected chi connectivity index (χ4v) is 3.87. The third kappa shape index (κ3) is 5.63. The number of amides is 1. The maximum Gasteiger partial charge on any atom is 0.316 e. The van der Waals surface area contributed by atoms with Gasteiger partial charge >= 0.3 is 5.97 Å². The zero-order valence-corrected chi connectivity index (χ0v) is 15.8. The second-order valence-corrected chi connectivity index (χ2v) is 7.50. The largest absolute Gasteiger partial charge is 0.455 e. The number of esters is 1. The van der Waals surface area contributed by atoms with Crippen LogP contribution in [0.4, 0.5) is 0 Å². The van der Waals surface area contributed by atoms with Gasteiger partial charge in [0.05, 0.1) is 16.3 Å². The number of H-pyrrole nitrogens is 1. The quantitative estimate of drug-likeness (QED) is 0.578. The summed E-state index contributed by atoms with van der Waals surface area (Å²) in [5, 5.41) is 12.4. The monoisotopic (exact) mass is 377 g/mol. The lowest BCUT2D eigenvalue weighted by Gasteiger charge is -2.29. The number of hydrogen-bond acceptors (Lipinski definition) is 6. The van der Waals surface area contributed by atoms with E-state index in [1.54, 1.807) is 6.92 Å². The van der Waals surface area contributed by atoms with Crippen molar-refractivity contribution in [3.63, 3.8) is 0 Å². The fraction of sp³-hybridized carbons (Fsp3) is 0.556. The predicted molar refractivity (Wildman–Crippen MR) is 97.8 cm³/mol. The number of carbonyl (C=O) groups excluding carboxylic acids is 2. The average Bonchev–Trinajstić information content (AvgIpc) is 2.59. The van der Waals surface area contributed by atoms with Crippen LogP contribution in [-0.2, 0) is 14.3 Å². The third-order valence-corrected chi connectivity index (χ3v) is 5.45. The number of nitrogens with zero attached hydrogens (tertiary/aromatic N) is 1. The Balaban J connectivity index is 1.80. The maximum absolute atomic E-state index is 11.9. The van der Waals surface area contributed by atoms with Gasteiger partial charge in [-0.3, -0.25) is 14.4 Å². The van der Waals surface area contributed by atoms with Gasteiger partial charge in [-0.05, 0) is 31.2 Å². The predicted octanol–water partition coefficient (Wildman–Crippen LogP) is 1.89. The lowest BCUT2D eigenvalue weighted by atomic mass is 9.86. The van der Waals surface area contributed by atoms with Crippen molar-refractivity contribution >= 4 is 23.6 Å². The third-order valence-electron chi connectivity index (χ3n) is 4.47. The highest BCUT2D eigenvalue weighted by molar-refractivity contribution is 7.99. The van der Waals surface area contributed by atoms with Crippen LogP contribution in [0.15, 0.2) is 15.9 Å². The number of aromatic amines is 1. The molecule has 26 heavy (non-hydrogen) atoms. The Hall–Kier alpha value is -2.27. The average molecular weight is 377 g/mol. The van der Waals surface area contributed by atoms with Gasteiger partial charge in [-0.2, -0.15) is 5.26 Å². The normalized spacial score (nSPS) is 19.4. The molecular weight excluding hydrogens is 354 g/mol. The van der Waals surface area contributed by atoms with Crippen molar-refractivity contribution in [1.29, 1.82) is 5.26 Å². The zero-order valence-electron chi connectivity index (χ0n) is 15.0. The highest BCUT2D eigenvalue weighted by Gasteiger charge is 2.23. The molecule has 2 rings (SSSR count). The number of nitriles is 1. The smallest absolute Gasteiger partial charge is 0.316 e. The number of ether oxygens (including phenoxy) is 1. The van der Waals surface area contributed by atoms with E-state index >= 15 is 0 Å². The van der Waals surface area contributed by atoms with E-state index in [4.69, 9.17) is 10.00 Å². The van der Waals surface area contributed by atoms with E-state index in [1.165, 1.54) is 12.5 Å². The first kappa shape index (κ1) is 20.0. The molecule has 2 N–H and O–H groups in total. The first-order chi connectivity index (χ1) is 12.4. The zero-order chi connectivity index (χ0) is 19.1. The molecule has 1 aromatic rings. The molecule has 1 aliphatic rings. The van der Waals surface area contributed by atoms with E-state index in [-0.39, 0.29) is 29.9 Å². The van der Waals surface area contributed by atoms with Crippen LogP contribution in [0.25, 0.3) is 0 Å². The molecule has 1 heterocycles. The van der Waals surface area contributed by atoms with Crippen molar-refractivity contribution in [1.82, 2.24) is 10.3 Å². The van der Waals surface area contributed by atoms with Crippen LogP contribution in [0.2, 0.25) is 0 Å². The molecule has 1 aliphatic carbocycles. The molecule has 7 nitrogen and oxygen atoms in total. The molecule has 1 aromatic heterocycles. The molecule has 0 bridgehead atoms. The fourth-order valence-electron chi connectivity index (χ4n) is 3.00. The first-order valence-corrected chi connectivity index (χ1v) is 9.61. The summed E-state index contributed by atoms with van der Waals surface area (Å²) < 4.78 is 4.99. The van der Waals surface area contributed by atoms with Crippen molar-refractivity contribution < 1.29 is 14.3 Å². The topological polar surface area (TPSA) is 112 Å². The van der Waals surface area contributed by atoms with Crippen LogP contribution in [-0.4, -0.2) is 35.3 Å². The van der Waals surface area contributed by atoms with Gasteiger partial charge in [0.1, 0.15) is 6.07 Å². The summed E-state index contributed by atoms with van der Waals surface area (Å²) in [7, 11) is 0. The van der Waals surface area contributed by atoms with E-state index in [0.29, 0.717) is 22.1 Å². The van der Waals surface area contributed by atoms with Gasteiger partial charge in [0, 0.05) is 12.1 Å². The maximum atomic E-state index is 11.9. The van der Waals surface area contributed by atoms with Crippen LogP contribution in [0.3, 0.4) is 0 Å². The van der Waals surface area contributed by atoms with E-state index < -0.39 is 5.97 Å². The van der Waals surface area contributed by atoms with Gasteiger partial charge in [0.25, 0.3) is 5.91 Å². The van der Waals surface area contributed by atoms with Crippen LogP contribution in [0.5, 0.6) is 0 Å². The lowest BCUT2D eigenvalue weighted by molar-refractivity contribution is -0.146. The van der Waals surface area contributed by atoms with E-state index in [9.17, 15) is 14.4 Å². The van der Waals surface area contributed by atoms with Crippen LogP contribution in [0.1, 0.15) is 43.7 Å². The van der Waals surface area contributed by atoms with Crippen molar-refractivity contribution in [3.8, 4) is 6.07 Å². The van der Waals surface area contributed by atoms with Crippen molar-refractivity contribution in [2.45, 2.75) is 50.6 Å². The summed E-state index contributed by atoms with van der Waals surface area (Å²) in [6, 6.07) is 3.48. The summed E-state index contributed by atoms with van der Waals surface area (Å²) >= 11 is 1.01. The van der Waals surface area contributed by atoms with Crippen LogP contribution >= 0.6 is 11.8 Å². The SMILES string of the molecule is Cc1cc(=O)[nH]c(SCC(=O)OCC(=O)N[C@H]2CCCC[C@H]2C)c1C#N. The highest BCUT2D eigenvalue weighted by atomic mass is 32.2. The number of aryl methyl sites for hydroxylation is 1. The molecule has 0 spiro atoms. The number of rotatable bonds is 6. The van der Waals surface area contributed by atoms with Gasteiger partial charge in [-0.15, -0.1) is 0 Å². The molecule has 0 radical (unpaired) electrons. The minimum atomic E-state index is -0.576. The Labute approximate surface area is 156 Å². The number of hydrogen-bond donors (Lipinski definition) is 2. The molecule has 1 fully saturated rings. The van der Waals surface area contributed by atoms with Crippen molar-refractivity contribution in [2.75, 3.05) is 12.4 Å². The first-order valence-electron chi connectivity index (χ1n) is 8.62. The Morgan fingerprint density at radius 3 is 2.85 bits per heavy atom. The summed E-state index contributed by atoms with van der Waals surface area (Å²) in [6.45, 7) is 3.45. The van der Waals surface area contributed by atoms with Gasteiger partial charge in [0.15, 0.2) is 6.61 Å². The molecular formula is C18H23N3O4S. The number of aromatic nitrogens is 1.